The van der Waals surface area contributed by atoms with Gasteiger partial charge in [0, 0.05) is 13.0 Å². The number of phosphoric acid groups is 1. The molecular formula is C20H43N2O5P. The molecule has 0 bridgehead atoms. The minimum absolute atomic E-state index is 0.0741. The van der Waals surface area contributed by atoms with Crippen LogP contribution in [0.5, 0.6) is 0 Å². The van der Waals surface area contributed by atoms with Crippen molar-refractivity contribution in [1.82, 2.24) is 5.32 Å². The number of nitrogens with one attached hydrogen (secondary N) is 1. The van der Waals surface area contributed by atoms with Gasteiger partial charge in [-0.15, -0.1) is 0 Å². The minimum Gasteiger partial charge on any atom is -0.756 e. The lowest BCUT2D eigenvalue weighted by atomic mass is 10.1. The Hall–Kier alpha value is -0.460. The molecule has 0 aliphatic carbocycles. The number of hydrogen-bond donors (Lipinski definition) is 1. The molecule has 0 heterocycles. The van der Waals surface area contributed by atoms with E-state index in [9.17, 15) is 14.3 Å². The van der Waals surface area contributed by atoms with Crippen LogP contribution in [0.3, 0.4) is 0 Å². The fourth-order valence-corrected chi connectivity index (χ4v) is 3.34. The van der Waals surface area contributed by atoms with E-state index in [0.717, 1.165) is 25.8 Å². The molecule has 0 aromatic carbocycles. The van der Waals surface area contributed by atoms with Gasteiger partial charge in [0.25, 0.3) is 7.82 Å². The summed E-state index contributed by atoms with van der Waals surface area (Å²) in [6.45, 7) is 3.77. The van der Waals surface area contributed by atoms with Gasteiger partial charge in [0.15, 0.2) is 0 Å². The molecule has 0 radical (unpaired) electrons. The third-order valence-corrected chi connectivity index (χ3v) is 5.41. The summed E-state index contributed by atoms with van der Waals surface area (Å²) < 4.78 is 21.9. The molecule has 0 spiro atoms. The van der Waals surface area contributed by atoms with Crippen molar-refractivity contribution in [3.63, 3.8) is 0 Å². The largest absolute Gasteiger partial charge is 0.756 e. The highest BCUT2D eigenvalue weighted by molar-refractivity contribution is 7.45. The molecule has 0 rings (SSSR count). The molecule has 1 atom stereocenters. The average Bonchev–Trinajstić information content (AvgIpc) is 2.59. The van der Waals surface area contributed by atoms with Crippen molar-refractivity contribution in [1.29, 1.82) is 0 Å². The van der Waals surface area contributed by atoms with Gasteiger partial charge >= 0.3 is 0 Å². The maximum absolute atomic E-state index is 11.7. The molecule has 0 aromatic heterocycles. The lowest BCUT2D eigenvalue weighted by Gasteiger charge is -2.27. The van der Waals surface area contributed by atoms with Gasteiger partial charge < -0.3 is 23.7 Å². The van der Waals surface area contributed by atoms with Crippen molar-refractivity contribution in [3.05, 3.63) is 0 Å². The Labute approximate surface area is 172 Å². The molecule has 0 aliphatic heterocycles. The summed E-state index contributed by atoms with van der Waals surface area (Å²) in [5.74, 6) is 0.0741. The zero-order chi connectivity index (χ0) is 21.3. The molecule has 0 fully saturated rings. The lowest BCUT2D eigenvalue weighted by Crippen LogP contribution is -2.37. The standard InChI is InChI=1S/C20H43N2O5P/c1-5-6-7-8-9-10-13-16-21-20(23)15-12-11-14-18-26-28(24,25)27-19-17-22(2,3)4/h5-19H2,1-4H3,(H-,21,23,24,25). The van der Waals surface area contributed by atoms with Gasteiger partial charge in [0.2, 0.25) is 5.91 Å². The maximum atomic E-state index is 11.7. The number of nitrogens with zero attached hydrogens (tertiary/aromatic N) is 1. The Morgan fingerprint density at radius 3 is 2.11 bits per heavy atom. The van der Waals surface area contributed by atoms with Crippen molar-refractivity contribution in [2.24, 2.45) is 0 Å². The normalized spacial score (nSPS) is 14.0. The van der Waals surface area contributed by atoms with Crippen LogP contribution in [0.25, 0.3) is 0 Å². The summed E-state index contributed by atoms with van der Waals surface area (Å²) >= 11 is 0. The van der Waals surface area contributed by atoms with Crippen molar-refractivity contribution in [3.8, 4) is 0 Å². The highest BCUT2D eigenvalue weighted by Gasteiger charge is 2.13. The second-order valence-electron chi connectivity index (χ2n) is 8.41. The third kappa shape index (κ3) is 20.3. The summed E-state index contributed by atoms with van der Waals surface area (Å²) in [7, 11) is 1.67. The number of carbonyl (C=O) groups excluding carboxylic acids is 1. The van der Waals surface area contributed by atoms with Crippen LogP contribution in [-0.2, 0) is 18.4 Å². The minimum atomic E-state index is -4.22. The number of rotatable bonds is 19. The summed E-state index contributed by atoms with van der Waals surface area (Å²) in [6, 6.07) is 0. The fourth-order valence-electron chi connectivity index (χ4n) is 2.60. The SMILES string of the molecule is CCCCCCCCCNC(=O)CCCCCOP(=O)([O-])OCC[N+](C)(C)C. The number of phosphoric ester groups is 1. The topological polar surface area (TPSA) is 87.7 Å². The van der Waals surface area contributed by atoms with Crippen LogP contribution in [0.2, 0.25) is 0 Å². The van der Waals surface area contributed by atoms with E-state index in [0.29, 0.717) is 23.9 Å². The van der Waals surface area contributed by atoms with E-state index in [2.05, 4.69) is 12.2 Å². The van der Waals surface area contributed by atoms with Gasteiger partial charge in [-0.3, -0.25) is 9.36 Å². The molecule has 0 saturated carbocycles. The van der Waals surface area contributed by atoms with Gasteiger partial charge in [0.1, 0.15) is 13.2 Å². The first-order chi connectivity index (χ1) is 13.2. The van der Waals surface area contributed by atoms with Crippen LogP contribution in [0.4, 0.5) is 0 Å². The summed E-state index contributed by atoms with van der Waals surface area (Å²) in [6.07, 6.45) is 11.2. The zero-order valence-corrected chi connectivity index (χ0v) is 19.4. The molecule has 28 heavy (non-hydrogen) atoms. The number of carbonyl (C=O) groups is 1. The predicted octanol–water partition coefficient (Wildman–Crippen LogP) is 3.62. The highest BCUT2D eigenvalue weighted by atomic mass is 31.2. The van der Waals surface area contributed by atoms with Gasteiger partial charge in [-0.1, -0.05) is 51.9 Å². The molecular weight excluding hydrogens is 379 g/mol. The lowest BCUT2D eigenvalue weighted by molar-refractivity contribution is -0.870. The van der Waals surface area contributed by atoms with Crippen molar-refractivity contribution in [2.75, 3.05) is 47.4 Å². The molecule has 7 nitrogen and oxygen atoms in total. The second-order valence-corrected chi connectivity index (χ2v) is 9.82. The number of unbranched alkanes of at least 4 members (excludes halogenated alkanes) is 8. The Morgan fingerprint density at radius 1 is 0.893 bits per heavy atom. The third-order valence-electron chi connectivity index (χ3n) is 4.41. The van der Waals surface area contributed by atoms with E-state index in [1.54, 1.807) is 0 Å². The van der Waals surface area contributed by atoms with Crippen molar-refractivity contribution in [2.45, 2.75) is 77.6 Å². The average molecular weight is 423 g/mol. The predicted molar refractivity (Wildman–Crippen MR) is 112 cm³/mol. The van der Waals surface area contributed by atoms with E-state index >= 15 is 0 Å². The molecule has 168 valence electrons. The molecule has 1 amide bonds. The van der Waals surface area contributed by atoms with Crippen LogP contribution < -0.4 is 10.2 Å². The van der Waals surface area contributed by atoms with Crippen molar-refractivity contribution < 1.29 is 27.8 Å². The van der Waals surface area contributed by atoms with E-state index in [1.165, 1.54) is 38.5 Å². The molecule has 0 aromatic rings. The first kappa shape index (κ1) is 27.5. The second kappa shape index (κ2) is 16.3. The van der Waals surface area contributed by atoms with E-state index in [1.807, 2.05) is 21.1 Å². The Morgan fingerprint density at radius 2 is 1.46 bits per heavy atom. The first-order valence-corrected chi connectivity index (χ1v) is 12.3. The first-order valence-electron chi connectivity index (χ1n) is 10.8. The number of hydrogen-bond acceptors (Lipinski definition) is 5. The van der Waals surface area contributed by atoms with Crippen molar-refractivity contribution >= 4 is 13.7 Å². The summed E-state index contributed by atoms with van der Waals surface area (Å²) in [5.41, 5.74) is 0. The van der Waals surface area contributed by atoms with Gasteiger partial charge in [-0.25, -0.2) is 0 Å². The Balaban J connectivity index is 3.49. The number of amides is 1. The monoisotopic (exact) mass is 422 g/mol. The van der Waals surface area contributed by atoms with Crippen LogP contribution >= 0.6 is 7.82 Å². The van der Waals surface area contributed by atoms with Crippen LogP contribution in [0.1, 0.15) is 77.6 Å². The smallest absolute Gasteiger partial charge is 0.268 e. The molecule has 0 saturated heterocycles. The van der Waals surface area contributed by atoms with Gasteiger partial charge in [0.05, 0.1) is 27.7 Å². The quantitative estimate of drug-likeness (QED) is 0.195. The molecule has 0 aliphatic rings. The van der Waals surface area contributed by atoms with E-state index < -0.39 is 7.82 Å². The summed E-state index contributed by atoms with van der Waals surface area (Å²) in [4.78, 5) is 23.4. The van der Waals surface area contributed by atoms with Gasteiger partial charge in [-0.05, 0) is 19.3 Å². The maximum Gasteiger partial charge on any atom is 0.268 e. The zero-order valence-electron chi connectivity index (χ0n) is 18.5. The number of likely N-dealkylation sites (N-methyl/N-ethyl adjacent to an activating group) is 1. The Kier molecular flexibility index (Phi) is 16.1. The molecule has 1 N–H and O–H groups in total. The van der Waals surface area contributed by atoms with Crippen LogP contribution in [0, 0.1) is 0 Å². The van der Waals surface area contributed by atoms with E-state index in [-0.39, 0.29) is 19.1 Å². The van der Waals surface area contributed by atoms with Gasteiger partial charge in [-0.2, -0.15) is 0 Å². The molecule has 8 heteroatoms. The fraction of sp³-hybridized carbons (Fsp3) is 0.950. The molecule has 1 unspecified atom stereocenters. The highest BCUT2D eigenvalue weighted by Crippen LogP contribution is 2.38. The van der Waals surface area contributed by atoms with E-state index in [4.69, 9.17) is 9.05 Å². The van der Waals surface area contributed by atoms with Crippen LogP contribution in [-0.4, -0.2) is 57.8 Å². The Bertz CT molecular complexity index is 441. The summed E-state index contributed by atoms with van der Waals surface area (Å²) in [5, 5.41) is 2.95. The van der Waals surface area contributed by atoms with Crippen LogP contribution in [0.15, 0.2) is 0 Å². The number of quaternary nitrogens is 1.